The van der Waals surface area contributed by atoms with E-state index in [1.165, 1.54) is 0 Å². The van der Waals surface area contributed by atoms with Crippen molar-refractivity contribution in [3.63, 3.8) is 0 Å². The number of hydrogen-bond acceptors (Lipinski definition) is 8. The van der Waals surface area contributed by atoms with Gasteiger partial charge in [0.25, 0.3) is 0 Å². The Morgan fingerprint density at radius 1 is 1.17 bits per heavy atom. The Morgan fingerprint density at radius 2 is 1.93 bits per heavy atom. The van der Waals surface area contributed by atoms with Gasteiger partial charge in [-0.1, -0.05) is 75.8 Å². The van der Waals surface area contributed by atoms with Gasteiger partial charge < -0.3 is 19.6 Å². The number of fused-ring (bicyclic) bond motifs is 2. The number of ether oxygens (including phenoxy) is 1. The number of esters is 1. The molecule has 3 unspecified atom stereocenters. The van der Waals surface area contributed by atoms with Gasteiger partial charge >= 0.3 is 5.97 Å². The Labute approximate surface area is 281 Å². The second-order valence-electron chi connectivity index (χ2n) is 12.1. The third-order valence-corrected chi connectivity index (χ3v) is 12.6. The molecule has 1 spiro atoms. The number of carbonyl (C=O) groups excluding carboxylic acids is 3. The Bertz CT molecular complexity index is 1620. The van der Waals surface area contributed by atoms with E-state index in [0.29, 0.717) is 31.2 Å². The van der Waals surface area contributed by atoms with E-state index in [1.54, 1.807) is 38.4 Å². The molecule has 1 aromatic heterocycles. The molecular formula is C34H38BrN5O5S. The molecule has 3 aliphatic rings. The van der Waals surface area contributed by atoms with Gasteiger partial charge in [0.1, 0.15) is 18.2 Å². The Morgan fingerprint density at radius 3 is 2.67 bits per heavy atom. The molecule has 3 fully saturated rings. The number of unbranched alkanes of at least 4 members (excludes halogenated alkanes) is 1. The SMILES string of the molecule is C=CCCCOC(=O)[C@H]1[C@H]2C(=O)N([C@@H](CO)Cc3ccccc3)C(C(=O)N(CC=C)Cn3nnc4ccccc43)C23CC(Br)[C@@H]1S3. The summed E-state index contributed by atoms with van der Waals surface area (Å²) >= 11 is 5.36. The summed E-state index contributed by atoms with van der Waals surface area (Å²) < 4.78 is 6.49. The van der Waals surface area contributed by atoms with Crippen LogP contribution >= 0.6 is 27.7 Å². The lowest BCUT2D eigenvalue weighted by Crippen LogP contribution is -2.58. The van der Waals surface area contributed by atoms with Crippen LogP contribution < -0.4 is 0 Å². The number of carbonyl (C=O) groups is 3. The van der Waals surface area contributed by atoms with Gasteiger partial charge in [-0.05, 0) is 43.4 Å². The van der Waals surface area contributed by atoms with Gasteiger partial charge in [0.05, 0.1) is 41.4 Å². The van der Waals surface area contributed by atoms with Crippen LogP contribution in [0.3, 0.4) is 0 Å². The van der Waals surface area contributed by atoms with Crippen LogP contribution in [0.25, 0.3) is 11.0 Å². The monoisotopic (exact) mass is 707 g/mol. The third-order valence-electron chi connectivity index (χ3n) is 9.33. The molecule has 1 N–H and O–H groups in total. The van der Waals surface area contributed by atoms with E-state index in [-0.39, 0.29) is 48.3 Å². The van der Waals surface area contributed by atoms with Gasteiger partial charge in [0.2, 0.25) is 11.8 Å². The minimum atomic E-state index is -0.936. The quantitative estimate of drug-likeness (QED) is 0.116. The van der Waals surface area contributed by atoms with Crippen LogP contribution in [-0.2, 0) is 32.2 Å². The lowest BCUT2D eigenvalue weighted by molar-refractivity contribution is -0.154. The van der Waals surface area contributed by atoms with Crippen molar-refractivity contribution >= 4 is 56.5 Å². The molecule has 10 nitrogen and oxygen atoms in total. The summed E-state index contributed by atoms with van der Waals surface area (Å²) in [6, 6.07) is 15.5. The van der Waals surface area contributed by atoms with Crippen LogP contribution in [0.2, 0.25) is 0 Å². The molecule has 3 aromatic rings. The van der Waals surface area contributed by atoms with E-state index in [2.05, 4.69) is 39.4 Å². The van der Waals surface area contributed by atoms with E-state index in [1.807, 2.05) is 54.6 Å². The second kappa shape index (κ2) is 13.7. The number of aromatic nitrogens is 3. The lowest BCUT2D eigenvalue weighted by Gasteiger charge is -2.39. The number of thioether (sulfide) groups is 1. The zero-order valence-corrected chi connectivity index (χ0v) is 27.9. The number of halogens is 1. The van der Waals surface area contributed by atoms with Crippen molar-refractivity contribution in [1.29, 1.82) is 0 Å². The summed E-state index contributed by atoms with van der Waals surface area (Å²) in [6.07, 6.45) is 5.66. The highest BCUT2D eigenvalue weighted by molar-refractivity contribution is 9.09. The van der Waals surface area contributed by atoms with Gasteiger partial charge in [-0.25, -0.2) is 4.68 Å². The number of benzene rings is 2. The summed E-state index contributed by atoms with van der Waals surface area (Å²) in [5.74, 6) is -2.47. The number of aliphatic hydroxyl groups excluding tert-OH is 1. The predicted octanol–water partition coefficient (Wildman–Crippen LogP) is 3.98. The molecule has 0 radical (unpaired) electrons. The average Bonchev–Trinajstić information content (AvgIpc) is 3.79. The molecule has 2 amide bonds. The molecule has 2 aromatic carbocycles. The fourth-order valence-electron chi connectivity index (χ4n) is 7.37. The molecule has 4 heterocycles. The normalized spacial score (nSPS) is 27.0. The van der Waals surface area contributed by atoms with Crippen molar-refractivity contribution in [3.8, 4) is 0 Å². The maximum Gasteiger partial charge on any atom is 0.310 e. The number of amides is 2. The summed E-state index contributed by atoms with van der Waals surface area (Å²) in [5.41, 5.74) is 2.41. The first-order valence-electron chi connectivity index (χ1n) is 15.6. The zero-order chi connectivity index (χ0) is 32.4. The predicted molar refractivity (Wildman–Crippen MR) is 180 cm³/mol. The largest absolute Gasteiger partial charge is 0.465 e. The maximum atomic E-state index is 15.0. The van der Waals surface area contributed by atoms with Crippen LogP contribution in [-0.4, -0.2) is 94.4 Å². The molecule has 3 saturated heterocycles. The molecule has 242 valence electrons. The first-order chi connectivity index (χ1) is 22.3. The van der Waals surface area contributed by atoms with E-state index < -0.39 is 34.6 Å². The first-order valence-corrected chi connectivity index (χ1v) is 17.4. The Hall–Kier alpha value is -3.48. The van der Waals surface area contributed by atoms with Crippen molar-refractivity contribution in [1.82, 2.24) is 24.8 Å². The van der Waals surface area contributed by atoms with Crippen molar-refractivity contribution in [2.24, 2.45) is 11.8 Å². The van der Waals surface area contributed by atoms with E-state index in [9.17, 15) is 19.5 Å². The second-order valence-corrected chi connectivity index (χ2v) is 14.8. The minimum absolute atomic E-state index is 0.0910. The lowest BCUT2D eigenvalue weighted by atomic mass is 9.71. The van der Waals surface area contributed by atoms with Crippen LogP contribution in [0.4, 0.5) is 0 Å². The fraction of sp³-hybridized carbons (Fsp3) is 0.441. The van der Waals surface area contributed by atoms with Gasteiger partial charge in [-0.3, -0.25) is 14.4 Å². The summed E-state index contributed by atoms with van der Waals surface area (Å²) in [5, 5.41) is 19.1. The van der Waals surface area contributed by atoms with Gasteiger partial charge in [-0.15, -0.1) is 30.0 Å². The molecule has 0 saturated carbocycles. The molecule has 6 rings (SSSR count). The maximum absolute atomic E-state index is 15.0. The van der Waals surface area contributed by atoms with E-state index >= 15 is 0 Å². The number of hydrogen-bond donors (Lipinski definition) is 1. The summed E-state index contributed by atoms with van der Waals surface area (Å²) in [4.78, 5) is 46.5. The van der Waals surface area contributed by atoms with Crippen LogP contribution in [0.5, 0.6) is 0 Å². The Balaban J connectivity index is 1.39. The molecule has 0 aliphatic carbocycles. The number of rotatable bonds is 14. The minimum Gasteiger partial charge on any atom is -0.465 e. The number of alkyl halides is 1. The molecule has 2 bridgehead atoms. The fourth-order valence-corrected chi connectivity index (χ4v) is 11.0. The molecule has 12 heteroatoms. The van der Waals surface area contributed by atoms with Crippen molar-refractivity contribution in [3.05, 3.63) is 85.5 Å². The highest BCUT2D eigenvalue weighted by Crippen LogP contribution is 2.68. The van der Waals surface area contributed by atoms with Crippen molar-refractivity contribution in [2.75, 3.05) is 19.8 Å². The standard InChI is InChI=1S/C34H38BrN5O5S/c1-3-5-11-17-45-33(44)27-28-31(42)40(23(20-41)18-22-12-7-6-8-13-22)30(34(28)19-24(35)29(27)46-34)32(43)38(16-4-2)21-39-26-15-10-9-14-25(26)36-37-39/h3-4,6-10,12-15,23-24,27-30,41H,1-2,5,11,16-21H2/t23-,24?,27+,28+,29+,30?,34?/m1/s1. The zero-order valence-electron chi connectivity index (χ0n) is 25.5. The van der Waals surface area contributed by atoms with Crippen LogP contribution in [0.1, 0.15) is 24.8 Å². The van der Waals surface area contributed by atoms with Crippen LogP contribution in [0.15, 0.2) is 79.9 Å². The molecule has 46 heavy (non-hydrogen) atoms. The van der Waals surface area contributed by atoms with Crippen molar-refractivity contribution in [2.45, 2.75) is 59.3 Å². The Kier molecular flexibility index (Phi) is 9.67. The smallest absolute Gasteiger partial charge is 0.310 e. The van der Waals surface area contributed by atoms with Gasteiger partial charge in [-0.2, -0.15) is 0 Å². The first kappa shape index (κ1) is 32.5. The third kappa shape index (κ3) is 5.68. The van der Waals surface area contributed by atoms with Crippen molar-refractivity contribution < 1.29 is 24.2 Å². The summed E-state index contributed by atoms with van der Waals surface area (Å²) in [6.45, 7) is 7.82. The topological polar surface area (TPSA) is 118 Å². The van der Waals surface area contributed by atoms with Gasteiger partial charge in [0.15, 0.2) is 0 Å². The van der Waals surface area contributed by atoms with E-state index in [4.69, 9.17) is 4.74 Å². The van der Waals surface area contributed by atoms with Crippen LogP contribution in [0, 0.1) is 11.8 Å². The van der Waals surface area contributed by atoms with E-state index in [0.717, 1.165) is 11.1 Å². The molecule has 3 aliphatic heterocycles. The highest BCUT2D eigenvalue weighted by Gasteiger charge is 2.76. The highest BCUT2D eigenvalue weighted by atomic mass is 79.9. The number of aliphatic hydroxyl groups is 1. The average molecular weight is 709 g/mol. The number of nitrogens with zero attached hydrogens (tertiary/aromatic N) is 5. The number of para-hydroxylation sites is 1. The molecular weight excluding hydrogens is 670 g/mol. The molecule has 7 atom stereocenters. The van der Waals surface area contributed by atoms with Gasteiger partial charge in [0, 0.05) is 16.6 Å². The summed E-state index contributed by atoms with van der Waals surface area (Å²) in [7, 11) is 0. The number of allylic oxidation sites excluding steroid dienone is 1. The number of likely N-dealkylation sites (tertiary alicyclic amines) is 1.